The monoisotopic (exact) mass is 511 g/mol. The van der Waals surface area contributed by atoms with Crippen LogP contribution < -0.4 is 15.3 Å². The van der Waals surface area contributed by atoms with Gasteiger partial charge in [0.25, 0.3) is 19.8 Å². The van der Waals surface area contributed by atoms with Crippen molar-refractivity contribution in [3.05, 3.63) is 56.4 Å². The Kier molecular flexibility index (Phi) is 8.21. The Hall–Kier alpha value is -2.00. The number of hydrogen-bond acceptors (Lipinski definition) is 4. The van der Waals surface area contributed by atoms with Gasteiger partial charge in [-0.15, -0.1) is 0 Å². The van der Waals surface area contributed by atoms with Crippen molar-refractivity contribution in [1.29, 1.82) is 0 Å². The molecule has 0 radical (unpaired) electrons. The normalized spacial score (nSPS) is 12.0. The van der Waals surface area contributed by atoms with Gasteiger partial charge < -0.3 is 9.74 Å². The van der Waals surface area contributed by atoms with Crippen molar-refractivity contribution in [3.8, 4) is 5.75 Å². The van der Waals surface area contributed by atoms with E-state index in [2.05, 4.69) is 67.8 Å². The number of benzene rings is 1. The molecular weight excluding hydrogens is 481 g/mol. The highest BCUT2D eigenvalue weighted by atomic mass is 79.9. The minimum Gasteiger partial charge on any atom is -0.537 e. The maximum Gasteiger partial charge on any atom is 0.295 e. The number of nitrogens with zero attached hydrogens (tertiary/aromatic N) is 2. The van der Waals surface area contributed by atoms with Gasteiger partial charge in [0.05, 0.1) is 0 Å². The van der Waals surface area contributed by atoms with Gasteiger partial charge in [-0.25, -0.2) is 9.37 Å². The molecule has 1 amide bonds. The molecule has 0 aliphatic heterocycles. The minimum atomic E-state index is -2.50. The third-order valence-corrected chi connectivity index (χ3v) is 12.4. The molecule has 1 aromatic heterocycles. The largest absolute Gasteiger partial charge is 0.537 e. The summed E-state index contributed by atoms with van der Waals surface area (Å²) in [5, 5.41) is 2.77. The molecule has 1 aromatic carbocycles. The Morgan fingerprint density at radius 2 is 1.65 bits per heavy atom. The number of carbonyl (C=O) groups excluding carboxylic acids is 1. The van der Waals surface area contributed by atoms with Crippen LogP contribution in [0.1, 0.15) is 57.6 Å². The summed E-state index contributed by atoms with van der Waals surface area (Å²) in [6.07, 6.45) is 0. The highest BCUT2D eigenvalue weighted by Gasteiger charge is 2.48. The number of aromatic nitrogens is 2. The summed E-state index contributed by atoms with van der Waals surface area (Å²) in [4.78, 5) is 30.5. The maximum absolute atomic E-state index is 13.1. The van der Waals surface area contributed by atoms with Crippen molar-refractivity contribution in [2.75, 3.05) is 0 Å². The summed E-state index contributed by atoms with van der Waals surface area (Å²) in [6, 6.07) is 5.84. The first-order chi connectivity index (χ1) is 14.4. The zero-order valence-electron chi connectivity index (χ0n) is 19.1. The molecule has 0 fully saturated rings. The van der Waals surface area contributed by atoms with E-state index in [1.807, 2.05) is 0 Å². The number of hydrogen-bond donors (Lipinski definition) is 1. The molecule has 0 atom stereocenters. The van der Waals surface area contributed by atoms with Crippen LogP contribution in [0, 0.1) is 5.82 Å². The first kappa shape index (κ1) is 25.3. The lowest BCUT2D eigenvalue weighted by Crippen LogP contribution is -2.52. The molecule has 0 spiro atoms. The summed E-state index contributed by atoms with van der Waals surface area (Å²) in [6.45, 7) is 12.8. The van der Waals surface area contributed by atoms with E-state index >= 15 is 0 Å². The fourth-order valence-corrected chi connectivity index (χ4v) is 9.78. The number of nitrogens with one attached hydrogen (secondary N) is 1. The molecule has 1 heterocycles. The SMILES string of the molecule is CC(C)[Si](Oc1c(C(=O)NCc2ccc(F)cc2)nc(Br)n(C)c1=O)(C(C)C)C(C)C. The topological polar surface area (TPSA) is 73.2 Å². The van der Waals surface area contributed by atoms with Gasteiger partial charge in [0.1, 0.15) is 5.82 Å². The molecule has 170 valence electrons. The van der Waals surface area contributed by atoms with Gasteiger partial charge in [-0.3, -0.25) is 14.2 Å². The molecule has 0 aliphatic rings. The van der Waals surface area contributed by atoms with Gasteiger partial charge >= 0.3 is 0 Å². The fraction of sp³-hybridized carbons (Fsp3) is 0.500. The van der Waals surface area contributed by atoms with Gasteiger partial charge in [-0.2, -0.15) is 0 Å². The summed E-state index contributed by atoms with van der Waals surface area (Å²) in [5.41, 5.74) is 0.932. The maximum atomic E-state index is 13.1. The molecule has 0 saturated heterocycles. The van der Waals surface area contributed by atoms with Gasteiger partial charge in [-0.05, 0) is 50.2 Å². The summed E-state index contributed by atoms with van der Waals surface area (Å²) in [7, 11) is -0.922. The highest BCUT2D eigenvalue weighted by molar-refractivity contribution is 9.10. The van der Waals surface area contributed by atoms with Crippen LogP contribution in [0.3, 0.4) is 0 Å². The second-order valence-corrected chi connectivity index (χ2v) is 14.7. The average molecular weight is 512 g/mol. The molecule has 0 bridgehead atoms. The molecule has 9 heteroatoms. The van der Waals surface area contributed by atoms with E-state index in [-0.39, 0.29) is 45.2 Å². The smallest absolute Gasteiger partial charge is 0.295 e. The van der Waals surface area contributed by atoms with E-state index in [0.717, 1.165) is 5.56 Å². The minimum absolute atomic E-state index is 0.00919. The van der Waals surface area contributed by atoms with Gasteiger partial charge in [0.2, 0.25) is 5.75 Å². The summed E-state index contributed by atoms with van der Waals surface area (Å²) in [5.74, 6) is -0.873. The second-order valence-electron chi connectivity index (χ2n) is 8.65. The van der Waals surface area contributed by atoms with E-state index in [0.29, 0.717) is 0 Å². The second kappa shape index (κ2) is 10.1. The van der Waals surface area contributed by atoms with E-state index in [4.69, 9.17) is 4.43 Å². The van der Waals surface area contributed by atoms with Crippen LogP contribution in [0.2, 0.25) is 16.6 Å². The molecule has 1 N–H and O–H groups in total. The molecule has 0 aliphatic carbocycles. The number of halogens is 2. The lowest BCUT2D eigenvalue weighted by atomic mass is 10.2. The van der Waals surface area contributed by atoms with Gasteiger partial charge in [0.15, 0.2) is 10.4 Å². The predicted octanol–water partition coefficient (Wildman–Crippen LogP) is 5.17. The standard InChI is InChI=1S/C22H31BrFN3O3Si/c1-13(2)31(14(3)4,15(5)6)30-19-18(26-22(23)27(7)21(19)29)20(28)25-12-16-8-10-17(24)11-9-16/h8-11,13-15H,12H2,1-7H3,(H,25,28). The van der Waals surface area contributed by atoms with Crippen LogP contribution in [-0.4, -0.2) is 23.8 Å². The van der Waals surface area contributed by atoms with Crippen LogP contribution in [0.4, 0.5) is 4.39 Å². The van der Waals surface area contributed by atoms with E-state index in [9.17, 15) is 14.0 Å². The van der Waals surface area contributed by atoms with Gasteiger partial charge in [-0.1, -0.05) is 53.7 Å². The van der Waals surface area contributed by atoms with Crippen LogP contribution in [0.25, 0.3) is 0 Å². The van der Waals surface area contributed by atoms with Crippen molar-refractivity contribution >= 4 is 30.2 Å². The van der Waals surface area contributed by atoms with E-state index < -0.39 is 19.8 Å². The van der Waals surface area contributed by atoms with E-state index in [1.54, 1.807) is 19.2 Å². The first-order valence-corrected chi connectivity index (χ1v) is 13.3. The van der Waals surface area contributed by atoms with Crippen LogP contribution in [-0.2, 0) is 13.6 Å². The zero-order chi connectivity index (χ0) is 23.5. The molecule has 31 heavy (non-hydrogen) atoms. The van der Waals surface area contributed by atoms with E-state index in [1.165, 1.54) is 16.7 Å². The molecule has 2 aromatic rings. The Balaban J connectivity index is 2.50. The predicted molar refractivity (Wildman–Crippen MR) is 126 cm³/mol. The molecule has 0 saturated carbocycles. The van der Waals surface area contributed by atoms with Crippen molar-refractivity contribution in [1.82, 2.24) is 14.9 Å². The summed E-state index contributed by atoms with van der Waals surface area (Å²) < 4.78 is 21.3. The van der Waals surface area contributed by atoms with Crippen LogP contribution >= 0.6 is 15.9 Å². The molecule has 0 unspecified atom stereocenters. The Bertz CT molecular complexity index is 969. The van der Waals surface area contributed by atoms with Crippen LogP contribution in [0.5, 0.6) is 5.75 Å². The van der Waals surface area contributed by atoms with Crippen molar-refractivity contribution in [2.45, 2.75) is 64.7 Å². The zero-order valence-corrected chi connectivity index (χ0v) is 21.7. The highest BCUT2D eigenvalue weighted by Crippen LogP contribution is 2.42. The molecule has 2 rings (SSSR count). The lowest BCUT2D eigenvalue weighted by molar-refractivity contribution is 0.0942. The number of carbonyl (C=O) groups is 1. The molecule has 6 nitrogen and oxygen atoms in total. The van der Waals surface area contributed by atoms with Crippen molar-refractivity contribution in [2.24, 2.45) is 7.05 Å². The summed E-state index contributed by atoms with van der Waals surface area (Å²) >= 11 is 3.26. The number of amides is 1. The third-order valence-electron chi connectivity index (χ3n) is 5.76. The third kappa shape index (κ3) is 5.26. The Labute approximate surface area is 192 Å². The van der Waals surface area contributed by atoms with Crippen molar-refractivity contribution in [3.63, 3.8) is 0 Å². The molecular formula is C22H31BrFN3O3Si. The van der Waals surface area contributed by atoms with Crippen LogP contribution in [0.15, 0.2) is 33.8 Å². The lowest BCUT2D eigenvalue weighted by Gasteiger charge is -2.42. The Morgan fingerprint density at radius 3 is 2.13 bits per heavy atom. The fourth-order valence-electron chi connectivity index (χ4n) is 4.20. The average Bonchev–Trinajstić information content (AvgIpc) is 2.69. The van der Waals surface area contributed by atoms with Crippen molar-refractivity contribution < 1.29 is 13.6 Å². The quantitative estimate of drug-likeness (QED) is 0.392. The number of rotatable bonds is 8. The first-order valence-electron chi connectivity index (χ1n) is 10.4. The Morgan fingerprint density at radius 1 is 1.13 bits per heavy atom. The van der Waals surface area contributed by atoms with Gasteiger partial charge in [0, 0.05) is 13.6 Å².